The van der Waals surface area contributed by atoms with Crippen molar-refractivity contribution in [3.63, 3.8) is 0 Å². The predicted octanol–water partition coefficient (Wildman–Crippen LogP) is 2.43. The Bertz CT molecular complexity index is 718. The van der Waals surface area contributed by atoms with E-state index in [9.17, 15) is 8.42 Å². The minimum Gasteiger partial charge on any atom is -0.326 e. The number of sulfonamides is 1. The molecular weight excluding hydrogens is 353 g/mol. The number of thiazole rings is 1. The number of hydrogen-bond acceptors (Lipinski definition) is 5. The molecular formula is C12H13Cl2N3O2S2. The minimum atomic E-state index is -3.71. The van der Waals surface area contributed by atoms with E-state index in [0.29, 0.717) is 17.0 Å². The molecule has 0 saturated carbocycles. The first-order valence-corrected chi connectivity index (χ1v) is 9.17. The molecule has 0 bridgehead atoms. The first-order chi connectivity index (χ1) is 9.94. The maximum atomic E-state index is 12.3. The van der Waals surface area contributed by atoms with Gasteiger partial charge in [-0.15, -0.1) is 11.3 Å². The molecule has 3 N–H and O–H groups in total. The molecule has 0 fully saturated rings. The van der Waals surface area contributed by atoms with Crippen LogP contribution in [0.4, 0.5) is 0 Å². The van der Waals surface area contributed by atoms with Crippen LogP contribution in [0, 0.1) is 0 Å². The third-order valence-corrected chi connectivity index (χ3v) is 5.68. The van der Waals surface area contributed by atoms with Crippen LogP contribution in [0.1, 0.15) is 11.3 Å². The van der Waals surface area contributed by atoms with E-state index in [2.05, 4.69) is 9.71 Å². The molecule has 0 aliphatic rings. The fourth-order valence-electron chi connectivity index (χ4n) is 1.69. The van der Waals surface area contributed by atoms with Gasteiger partial charge in [0.2, 0.25) is 10.0 Å². The largest absolute Gasteiger partial charge is 0.326 e. The molecule has 0 unspecified atom stereocenters. The van der Waals surface area contributed by atoms with E-state index in [1.807, 2.05) is 5.38 Å². The van der Waals surface area contributed by atoms with Crippen LogP contribution in [0.25, 0.3) is 0 Å². The molecule has 0 amide bonds. The van der Waals surface area contributed by atoms with Gasteiger partial charge in [0.25, 0.3) is 0 Å². The highest BCUT2D eigenvalue weighted by Crippen LogP contribution is 2.28. The molecule has 0 atom stereocenters. The quantitative estimate of drug-likeness (QED) is 0.822. The van der Waals surface area contributed by atoms with E-state index < -0.39 is 10.0 Å². The van der Waals surface area contributed by atoms with Crippen molar-refractivity contribution in [2.45, 2.75) is 17.9 Å². The van der Waals surface area contributed by atoms with Crippen LogP contribution in [-0.2, 0) is 23.0 Å². The maximum Gasteiger partial charge on any atom is 0.242 e. The summed E-state index contributed by atoms with van der Waals surface area (Å²) in [5.41, 5.74) is 8.60. The van der Waals surface area contributed by atoms with Gasteiger partial charge in [0.1, 0.15) is 4.90 Å². The van der Waals surface area contributed by atoms with Crippen LogP contribution < -0.4 is 10.5 Å². The third kappa shape index (κ3) is 4.15. The standard InChI is InChI=1S/C12H13Cl2N3O2S2/c13-10-4-11(14)12(3-8(10)5-15)21(18,19)17-2-1-9-6-20-7-16-9/h3-4,6-7,17H,1-2,5,15H2. The van der Waals surface area contributed by atoms with E-state index in [0.717, 1.165) is 5.69 Å². The normalized spacial score (nSPS) is 11.8. The number of rotatable bonds is 6. The molecule has 2 rings (SSSR count). The summed E-state index contributed by atoms with van der Waals surface area (Å²) in [6, 6.07) is 2.79. The lowest BCUT2D eigenvalue weighted by Gasteiger charge is -2.10. The summed E-state index contributed by atoms with van der Waals surface area (Å²) < 4.78 is 27.0. The topological polar surface area (TPSA) is 85.1 Å². The highest BCUT2D eigenvalue weighted by molar-refractivity contribution is 7.89. The van der Waals surface area contributed by atoms with Crippen molar-refractivity contribution in [1.29, 1.82) is 0 Å². The number of nitrogens with one attached hydrogen (secondary N) is 1. The predicted molar refractivity (Wildman–Crippen MR) is 85.4 cm³/mol. The van der Waals surface area contributed by atoms with E-state index in [1.165, 1.54) is 23.5 Å². The molecule has 21 heavy (non-hydrogen) atoms. The zero-order valence-electron chi connectivity index (χ0n) is 10.8. The zero-order chi connectivity index (χ0) is 15.5. The van der Waals surface area contributed by atoms with Gasteiger partial charge in [0, 0.05) is 29.9 Å². The van der Waals surface area contributed by atoms with E-state index in [-0.39, 0.29) is 23.0 Å². The Morgan fingerprint density at radius 3 is 2.67 bits per heavy atom. The molecule has 5 nitrogen and oxygen atoms in total. The van der Waals surface area contributed by atoms with Crippen molar-refractivity contribution >= 4 is 44.6 Å². The fraction of sp³-hybridized carbons (Fsp3) is 0.250. The molecule has 1 heterocycles. The second-order valence-electron chi connectivity index (χ2n) is 4.21. The molecule has 0 aliphatic carbocycles. The zero-order valence-corrected chi connectivity index (χ0v) is 14.0. The summed E-state index contributed by atoms with van der Waals surface area (Å²) in [7, 11) is -3.71. The molecule has 2 aromatic rings. The van der Waals surface area contributed by atoms with Gasteiger partial charge in [-0.05, 0) is 17.7 Å². The molecule has 1 aromatic heterocycles. The summed E-state index contributed by atoms with van der Waals surface area (Å²) in [5, 5.41) is 2.29. The number of aromatic nitrogens is 1. The molecule has 9 heteroatoms. The summed E-state index contributed by atoms with van der Waals surface area (Å²) in [6.45, 7) is 0.375. The Labute approximate surface area is 137 Å². The van der Waals surface area contributed by atoms with Crippen molar-refractivity contribution in [3.8, 4) is 0 Å². The highest BCUT2D eigenvalue weighted by atomic mass is 35.5. The summed E-state index contributed by atoms with van der Waals surface area (Å²) in [6.07, 6.45) is 0.512. The van der Waals surface area contributed by atoms with Gasteiger partial charge >= 0.3 is 0 Å². The van der Waals surface area contributed by atoms with Crippen molar-refractivity contribution < 1.29 is 8.42 Å². The molecule has 0 aliphatic heterocycles. The average molecular weight is 366 g/mol. The molecule has 0 radical (unpaired) electrons. The van der Waals surface area contributed by atoms with Crippen molar-refractivity contribution in [3.05, 3.63) is 44.3 Å². The van der Waals surface area contributed by atoms with Gasteiger partial charge in [0.15, 0.2) is 0 Å². The van der Waals surface area contributed by atoms with Gasteiger partial charge < -0.3 is 5.73 Å². The van der Waals surface area contributed by atoms with Crippen LogP contribution in [0.15, 0.2) is 27.9 Å². The lowest BCUT2D eigenvalue weighted by molar-refractivity contribution is 0.581. The number of nitrogens with two attached hydrogens (primary N) is 1. The second-order valence-corrected chi connectivity index (χ2v) is 7.47. The van der Waals surface area contributed by atoms with E-state index >= 15 is 0 Å². The molecule has 1 aromatic carbocycles. The maximum absolute atomic E-state index is 12.3. The summed E-state index contributed by atoms with van der Waals surface area (Å²) >= 11 is 13.4. The van der Waals surface area contributed by atoms with Crippen molar-refractivity contribution in [2.24, 2.45) is 5.73 Å². The number of halogens is 2. The molecule has 0 saturated heterocycles. The third-order valence-electron chi connectivity index (χ3n) is 2.77. The summed E-state index contributed by atoms with van der Waals surface area (Å²) in [5.74, 6) is 0. The Hall–Kier alpha value is -0.700. The SMILES string of the molecule is NCc1cc(S(=O)(=O)NCCc2cscn2)c(Cl)cc1Cl. The van der Waals surface area contributed by atoms with E-state index in [4.69, 9.17) is 28.9 Å². The molecule has 114 valence electrons. The lowest BCUT2D eigenvalue weighted by Crippen LogP contribution is -2.26. The minimum absolute atomic E-state index is 0.0210. The first-order valence-electron chi connectivity index (χ1n) is 5.99. The second kappa shape index (κ2) is 7.04. The van der Waals surface area contributed by atoms with Gasteiger partial charge in [-0.2, -0.15) is 0 Å². The van der Waals surface area contributed by atoms with Crippen molar-refractivity contribution in [1.82, 2.24) is 9.71 Å². The van der Waals surface area contributed by atoms with Gasteiger partial charge in [-0.1, -0.05) is 23.2 Å². The van der Waals surface area contributed by atoms with E-state index in [1.54, 1.807) is 5.51 Å². The monoisotopic (exact) mass is 365 g/mol. The van der Waals surface area contributed by atoms with Gasteiger partial charge in [-0.25, -0.2) is 18.1 Å². The Balaban J connectivity index is 2.15. The molecule has 0 spiro atoms. The highest BCUT2D eigenvalue weighted by Gasteiger charge is 2.19. The first kappa shape index (κ1) is 16.7. The van der Waals surface area contributed by atoms with Gasteiger partial charge in [0.05, 0.1) is 16.2 Å². The summed E-state index contributed by atoms with van der Waals surface area (Å²) in [4.78, 5) is 4.07. The van der Waals surface area contributed by atoms with Crippen LogP contribution in [0.2, 0.25) is 10.0 Å². The number of hydrogen-bond donors (Lipinski definition) is 2. The van der Waals surface area contributed by atoms with Gasteiger partial charge in [-0.3, -0.25) is 0 Å². The number of nitrogens with zero attached hydrogens (tertiary/aromatic N) is 1. The van der Waals surface area contributed by atoms with Crippen molar-refractivity contribution in [2.75, 3.05) is 6.54 Å². The number of benzene rings is 1. The Kier molecular flexibility index (Phi) is 5.59. The van der Waals surface area contributed by atoms with Crippen LogP contribution in [-0.4, -0.2) is 19.9 Å². The van der Waals surface area contributed by atoms with Crippen LogP contribution in [0.3, 0.4) is 0 Å². The van der Waals surface area contributed by atoms with Crippen LogP contribution in [0.5, 0.6) is 0 Å². The Morgan fingerprint density at radius 1 is 1.29 bits per heavy atom. The fourth-order valence-corrected chi connectivity index (χ4v) is 4.18. The smallest absolute Gasteiger partial charge is 0.242 e. The average Bonchev–Trinajstić information content (AvgIpc) is 2.91. The van der Waals surface area contributed by atoms with Crippen LogP contribution >= 0.6 is 34.5 Å². The Morgan fingerprint density at radius 2 is 2.05 bits per heavy atom. The lowest BCUT2D eigenvalue weighted by atomic mass is 10.2.